The number of nitrogens with zero attached hydrogens (tertiary/aromatic N) is 1. The Morgan fingerprint density at radius 3 is 2.89 bits per heavy atom. The lowest BCUT2D eigenvalue weighted by Crippen LogP contribution is -2.30. The van der Waals surface area contributed by atoms with Crippen LogP contribution in [0.3, 0.4) is 0 Å². The Labute approximate surface area is 117 Å². The van der Waals surface area contributed by atoms with E-state index in [0.29, 0.717) is 17.9 Å². The zero-order chi connectivity index (χ0) is 13.0. The summed E-state index contributed by atoms with van der Waals surface area (Å²) in [6.45, 7) is 6.68. The van der Waals surface area contributed by atoms with Crippen molar-refractivity contribution in [1.82, 2.24) is 10.3 Å². The van der Waals surface area contributed by atoms with E-state index < -0.39 is 0 Å². The Bertz CT molecular complexity index is 361. The summed E-state index contributed by atoms with van der Waals surface area (Å²) in [5, 5.41) is 3.42. The highest BCUT2D eigenvalue weighted by Gasteiger charge is 2.27. The van der Waals surface area contributed by atoms with Crippen LogP contribution >= 0.6 is 15.9 Å². The maximum Gasteiger partial charge on any atom is 0.138 e. The van der Waals surface area contributed by atoms with Crippen LogP contribution in [0.5, 0.6) is 5.75 Å². The molecule has 0 amide bonds. The minimum atomic E-state index is 0.294. The molecule has 3 nitrogen and oxygen atoms in total. The second-order valence-corrected chi connectivity index (χ2v) is 6.17. The van der Waals surface area contributed by atoms with E-state index >= 15 is 0 Å². The first-order valence-corrected chi connectivity index (χ1v) is 7.43. The summed E-state index contributed by atoms with van der Waals surface area (Å²) in [4.78, 5) is 4.21. The minimum absolute atomic E-state index is 0.294. The van der Waals surface area contributed by atoms with E-state index in [1.54, 1.807) is 6.20 Å². The van der Waals surface area contributed by atoms with Gasteiger partial charge in [0, 0.05) is 12.5 Å². The Kier molecular flexibility index (Phi) is 5.01. The molecule has 1 N–H and O–H groups in total. The number of ether oxygens (including phenoxy) is 1. The molecule has 0 radical (unpaired) electrons. The second kappa shape index (κ2) is 6.53. The van der Waals surface area contributed by atoms with Crippen molar-refractivity contribution in [2.75, 3.05) is 13.1 Å². The molecule has 1 fully saturated rings. The number of hydrogen-bond acceptors (Lipinski definition) is 3. The van der Waals surface area contributed by atoms with Crippen LogP contribution < -0.4 is 10.1 Å². The van der Waals surface area contributed by atoms with Gasteiger partial charge in [0.2, 0.25) is 0 Å². The van der Waals surface area contributed by atoms with Gasteiger partial charge in [-0.1, -0.05) is 13.8 Å². The molecule has 4 heteroatoms. The third-order valence-corrected chi connectivity index (χ3v) is 3.78. The smallest absolute Gasteiger partial charge is 0.138 e. The molecular formula is C14H21BrN2O. The fourth-order valence-electron chi connectivity index (χ4n) is 2.40. The lowest BCUT2D eigenvalue weighted by molar-refractivity contribution is 0.119. The Morgan fingerprint density at radius 2 is 2.33 bits per heavy atom. The van der Waals surface area contributed by atoms with Crippen molar-refractivity contribution >= 4 is 15.9 Å². The van der Waals surface area contributed by atoms with Gasteiger partial charge >= 0.3 is 0 Å². The summed E-state index contributed by atoms with van der Waals surface area (Å²) < 4.78 is 6.99. The number of hydrogen-bond donors (Lipinski definition) is 1. The standard InChI is InChI=1S/C14H21BrN2O/c1-10(2)7-13(11-5-6-16-8-11)18-12-3-4-14(15)17-9-12/h3-4,9-11,13,16H,5-8H2,1-2H3/t11-,13?/m0/s1. The molecule has 1 unspecified atom stereocenters. The van der Waals surface area contributed by atoms with Crippen molar-refractivity contribution in [2.24, 2.45) is 11.8 Å². The molecule has 2 rings (SSSR count). The van der Waals surface area contributed by atoms with Crippen LogP contribution in [0, 0.1) is 11.8 Å². The number of aromatic nitrogens is 1. The first-order valence-electron chi connectivity index (χ1n) is 6.64. The average molecular weight is 313 g/mol. The maximum atomic E-state index is 6.14. The van der Waals surface area contributed by atoms with E-state index in [0.717, 1.165) is 29.9 Å². The lowest BCUT2D eigenvalue weighted by atomic mass is 9.93. The van der Waals surface area contributed by atoms with Crippen LogP contribution in [0.2, 0.25) is 0 Å². The highest BCUT2D eigenvalue weighted by Crippen LogP contribution is 2.25. The Hall–Kier alpha value is -0.610. The maximum absolute atomic E-state index is 6.14. The normalized spacial score (nSPS) is 21.2. The molecule has 2 heterocycles. The van der Waals surface area contributed by atoms with Crippen LogP contribution in [0.4, 0.5) is 0 Å². The molecule has 0 spiro atoms. The van der Waals surface area contributed by atoms with E-state index in [1.807, 2.05) is 12.1 Å². The second-order valence-electron chi connectivity index (χ2n) is 5.36. The van der Waals surface area contributed by atoms with Crippen molar-refractivity contribution in [1.29, 1.82) is 0 Å². The van der Waals surface area contributed by atoms with Crippen molar-refractivity contribution < 1.29 is 4.74 Å². The number of halogens is 1. The predicted octanol–water partition coefficient (Wildman–Crippen LogP) is 3.25. The van der Waals surface area contributed by atoms with Crippen molar-refractivity contribution in [3.63, 3.8) is 0 Å². The predicted molar refractivity (Wildman–Crippen MR) is 76.8 cm³/mol. The molecule has 100 valence electrons. The van der Waals surface area contributed by atoms with Crippen LogP contribution in [-0.2, 0) is 0 Å². The summed E-state index contributed by atoms with van der Waals surface area (Å²) in [6, 6.07) is 3.90. The monoisotopic (exact) mass is 312 g/mol. The van der Waals surface area contributed by atoms with Crippen LogP contribution in [0.25, 0.3) is 0 Å². The van der Waals surface area contributed by atoms with E-state index in [9.17, 15) is 0 Å². The van der Waals surface area contributed by atoms with E-state index in [2.05, 4.69) is 40.1 Å². The Balaban J connectivity index is 2.01. The van der Waals surface area contributed by atoms with E-state index in [1.165, 1.54) is 6.42 Å². The van der Waals surface area contributed by atoms with E-state index in [4.69, 9.17) is 4.74 Å². The summed E-state index contributed by atoms with van der Waals surface area (Å²) in [5.41, 5.74) is 0. The van der Waals surface area contributed by atoms with Crippen molar-refractivity contribution in [3.8, 4) is 5.75 Å². The molecule has 2 atom stereocenters. The molecular weight excluding hydrogens is 292 g/mol. The molecule has 18 heavy (non-hydrogen) atoms. The summed E-state index contributed by atoms with van der Waals surface area (Å²) in [6.07, 6.45) is 4.40. The van der Waals surface area contributed by atoms with Gasteiger partial charge in [0.25, 0.3) is 0 Å². The van der Waals surface area contributed by atoms with Gasteiger partial charge < -0.3 is 10.1 Å². The zero-order valence-corrected chi connectivity index (χ0v) is 12.6. The van der Waals surface area contributed by atoms with Crippen molar-refractivity contribution in [3.05, 3.63) is 22.9 Å². The van der Waals surface area contributed by atoms with Gasteiger partial charge in [-0.05, 0) is 53.4 Å². The SMILES string of the molecule is CC(C)CC(Oc1ccc(Br)nc1)[C@H]1CCNC1. The molecule has 1 aliphatic rings. The van der Waals surface area contributed by atoms with Gasteiger partial charge in [-0.2, -0.15) is 0 Å². The number of nitrogens with one attached hydrogen (secondary N) is 1. The lowest BCUT2D eigenvalue weighted by Gasteiger charge is -2.25. The fraction of sp³-hybridized carbons (Fsp3) is 0.643. The first-order chi connectivity index (χ1) is 8.65. The molecule has 0 aromatic carbocycles. The summed E-state index contributed by atoms with van der Waals surface area (Å²) in [7, 11) is 0. The van der Waals surface area contributed by atoms with Gasteiger partial charge in [-0.15, -0.1) is 0 Å². The van der Waals surface area contributed by atoms with Gasteiger partial charge in [0.15, 0.2) is 0 Å². The van der Waals surface area contributed by atoms with E-state index in [-0.39, 0.29) is 0 Å². The van der Waals surface area contributed by atoms with Gasteiger partial charge in [-0.3, -0.25) is 0 Å². The summed E-state index contributed by atoms with van der Waals surface area (Å²) >= 11 is 3.34. The molecule has 1 aromatic rings. The zero-order valence-electron chi connectivity index (χ0n) is 11.0. The van der Waals surface area contributed by atoms with Gasteiger partial charge in [-0.25, -0.2) is 4.98 Å². The quantitative estimate of drug-likeness (QED) is 0.847. The number of rotatable bonds is 5. The van der Waals surface area contributed by atoms with Gasteiger partial charge in [0.05, 0.1) is 6.20 Å². The minimum Gasteiger partial charge on any atom is -0.488 e. The number of pyridine rings is 1. The molecule has 1 saturated heterocycles. The van der Waals surface area contributed by atoms with Crippen molar-refractivity contribution in [2.45, 2.75) is 32.8 Å². The average Bonchev–Trinajstić information content (AvgIpc) is 2.84. The Morgan fingerprint density at radius 1 is 1.50 bits per heavy atom. The molecule has 0 aliphatic carbocycles. The first kappa shape index (κ1) is 13.8. The molecule has 1 aliphatic heterocycles. The topological polar surface area (TPSA) is 34.1 Å². The molecule has 0 bridgehead atoms. The van der Waals surface area contributed by atoms with Crippen LogP contribution in [0.15, 0.2) is 22.9 Å². The summed E-state index contributed by atoms with van der Waals surface area (Å²) in [5.74, 6) is 2.14. The largest absolute Gasteiger partial charge is 0.488 e. The highest BCUT2D eigenvalue weighted by molar-refractivity contribution is 9.10. The van der Waals surface area contributed by atoms with Gasteiger partial charge in [0.1, 0.15) is 16.5 Å². The third kappa shape index (κ3) is 3.95. The van der Waals surface area contributed by atoms with Crippen LogP contribution in [0.1, 0.15) is 26.7 Å². The van der Waals surface area contributed by atoms with Crippen LogP contribution in [-0.4, -0.2) is 24.2 Å². The highest BCUT2D eigenvalue weighted by atomic mass is 79.9. The fourth-order valence-corrected chi connectivity index (χ4v) is 2.64. The molecule has 1 aromatic heterocycles. The third-order valence-electron chi connectivity index (χ3n) is 3.32. The molecule has 0 saturated carbocycles.